The number of fused-ring (bicyclic) bond motifs is 4. The summed E-state index contributed by atoms with van der Waals surface area (Å²) in [7, 11) is 0. The summed E-state index contributed by atoms with van der Waals surface area (Å²) in [5.74, 6) is 1.73. The van der Waals surface area contributed by atoms with Crippen LogP contribution in [0.4, 0.5) is 0 Å². The summed E-state index contributed by atoms with van der Waals surface area (Å²) in [6.45, 7) is 0. The van der Waals surface area contributed by atoms with Gasteiger partial charge in [-0.2, -0.15) is 0 Å². The molecular formula is C17H16O. The quantitative estimate of drug-likeness (QED) is 0.673. The van der Waals surface area contributed by atoms with Crippen molar-refractivity contribution in [3.05, 3.63) is 65.2 Å². The van der Waals surface area contributed by atoms with Crippen LogP contribution in [0.3, 0.4) is 0 Å². The molecule has 0 aromatic heterocycles. The third-order valence-corrected chi connectivity index (χ3v) is 4.28. The van der Waals surface area contributed by atoms with Gasteiger partial charge in [-0.3, -0.25) is 0 Å². The second-order valence-electron chi connectivity index (χ2n) is 5.35. The zero-order valence-corrected chi connectivity index (χ0v) is 10.3. The first-order valence-corrected chi connectivity index (χ1v) is 6.74. The van der Waals surface area contributed by atoms with Crippen molar-refractivity contribution >= 4 is 0 Å². The van der Waals surface area contributed by atoms with Crippen LogP contribution in [0.25, 0.3) is 0 Å². The number of hydrogen-bond acceptors (Lipinski definition) is 1. The summed E-state index contributed by atoms with van der Waals surface area (Å²) < 4.78 is 6.26. The van der Waals surface area contributed by atoms with E-state index in [0.29, 0.717) is 5.92 Å². The van der Waals surface area contributed by atoms with Crippen molar-refractivity contribution in [2.45, 2.75) is 25.4 Å². The second-order valence-corrected chi connectivity index (χ2v) is 5.35. The summed E-state index contributed by atoms with van der Waals surface area (Å²) >= 11 is 0. The van der Waals surface area contributed by atoms with Crippen LogP contribution in [0.5, 0.6) is 5.75 Å². The molecule has 0 N–H and O–H groups in total. The highest BCUT2D eigenvalue weighted by molar-refractivity contribution is 5.40. The average molecular weight is 236 g/mol. The molecule has 0 fully saturated rings. The third kappa shape index (κ3) is 1.47. The molecule has 0 unspecified atom stereocenters. The Morgan fingerprint density at radius 2 is 1.67 bits per heavy atom. The Morgan fingerprint density at radius 1 is 0.889 bits per heavy atom. The molecule has 18 heavy (non-hydrogen) atoms. The Hall–Kier alpha value is -1.76. The molecule has 1 heterocycles. The maximum atomic E-state index is 6.26. The van der Waals surface area contributed by atoms with Gasteiger partial charge in [0.1, 0.15) is 11.9 Å². The van der Waals surface area contributed by atoms with Gasteiger partial charge in [0.15, 0.2) is 0 Å². The predicted octanol–water partition coefficient (Wildman–Crippen LogP) is 3.93. The molecule has 0 amide bonds. The number of hydrogen-bond donors (Lipinski definition) is 0. The lowest BCUT2D eigenvalue weighted by Gasteiger charge is -2.38. The summed E-state index contributed by atoms with van der Waals surface area (Å²) in [5, 5.41) is 0. The van der Waals surface area contributed by atoms with Gasteiger partial charge in [-0.25, -0.2) is 0 Å². The summed E-state index contributed by atoms with van der Waals surface area (Å²) in [4.78, 5) is 0. The second kappa shape index (κ2) is 3.88. The average Bonchev–Trinajstić information content (AvgIpc) is 2.45. The molecule has 1 nitrogen and oxygen atoms in total. The molecule has 2 aliphatic rings. The van der Waals surface area contributed by atoms with Crippen molar-refractivity contribution in [2.75, 3.05) is 0 Å². The molecular weight excluding hydrogens is 220 g/mol. The van der Waals surface area contributed by atoms with Gasteiger partial charge in [0.25, 0.3) is 0 Å². The molecule has 2 aromatic rings. The first-order chi connectivity index (χ1) is 8.92. The largest absolute Gasteiger partial charge is 0.485 e. The van der Waals surface area contributed by atoms with Crippen LogP contribution in [-0.4, -0.2) is 0 Å². The summed E-state index contributed by atoms with van der Waals surface area (Å²) in [5.41, 5.74) is 4.25. The SMILES string of the molecule is c1ccc2c(c1)C[C@@H]1CCc3ccccc3[C@@H]1O2. The van der Waals surface area contributed by atoms with E-state index in [9.17, 15) is 0 Å². The van der Waals surface area contributed by atoms with E-state index in [1.165, 1.54) is 29.5 Å². The Balaban J connectivity index is 1.79. The molecule has 0 radical (unpaired) electrons. The normalized spacial score (nSPS) is 24.4. The van der Waals surface area contributed by atoms with Crippen LogP contribution in [0.15, 0.2) is 48.5 Å². The highest BCUT2D eigenvalue weighted by atomic mass is 16.5. The Morgan fingerprint density at radius 3 is 2.61 bits per heavy atom. The fourth-order valence-corrected chi connectivity index (χ4v) is 3.36. The fraction of sp³-hybridized carbons (Fsp3) is 0.294. The van der Waals surface area contributed by atoms with E-state index in [1.807, 2.05) is 0 Å². The molecule has 4 rings (SSSR count). The third-order valence-electron chi connectivity index (χ3n) is 4.28. The number of para-hydroxylation sites is 1. The van der Waals surface area contributed by atoms with E-state index in [0.717, 1.165) is 12.2 Å². The first-order valence-electron chi connectivity index (χ1n) is 6.74. The van der Waals surface area contributed by atoms with Gasteiger partial charge < -0.3 is 4.74 Å². The van der Waals surface area contributed by atoms with Crippen molar-refractivity contribution in [2.24, 2.45) is 5.92 Å². The van der Waals surface area contributed by atoms with E-state index in [2.05, 4.69) is 48.5 Å². The molecule has 1 aliphatic carbocycles. The van der Waals surface area contributed by atoms with Crippen LogP contribution < -0.4 is 4.74 Å². The van der Waals surface area contributed by atoms with Crippen molar-refractivity contribution in [3.8, 4) is 5.75 Å². The molecule has 2 atom stereocenters. The maximum absolute atomic E-state index is 6.26. The molecule has 1 heteroatoms. The molecule has 90 valence electrons. The van der Waals surface area contributed by atoms with E-state index < -0.39 is 0 Å². The zero-order valence-electron chi connectivity index (χ0n) is 10.3. The van der Waals surface area contributed by atoms with Crippen molar-refractivity contribution in [3.63, 3.8) is 0 Å². The van der Waals surface area contributed by atoms with Gasteiger partial charge in [0, 0.05) is 5.92 Å². The number of rotatable bonds is 0. The maximum Gasteiger partial charge on any atom is 0.127 e. The van der Waals surface area contributed by atoms with Crippen LogP contribution in [-0.2, 0) is 12.8 Å². The lowest BCUT2D eigenvalue weighted by molar-refractivity contribution is 0.0987. The molecule has 2 aromatic carbocycles. The lowest BCUT2D eigenvalue weighted by Crippen LogP contribution is -2.30. The van der Waals surface area contributed by atoms with Crippen molar-refractivity contribution in [1.29, 1.82) is 0 Å². The number of ether oxygens (including phenoxy) is 1. The van der Waals surface area contributed by atoms with Crippen LogP contribution in [0.1, 0.15) is 29.2 Å². The highest BCUT2D eigenvalue weighted by Gasteiger charge is 2.34. The molecule has 1 aliphatic heterocycles. The number of benzene rings is 2. The van der Waals surface area contributed by atoms with Crippen LogP contribution in [0.2, 0.25) is 0 Å². The van der Waals surface area contributed by atoms with Crippen LogP contribution >= 0.6 is 0 Å². The standard InChI is InChI=1S/C17H16O/c1-3-7-15-12(5-1)9-10-14-11-13-6-2-4-8-16(13)18-17(14)15/h1-8,14,17H,9-11H2/t14-,17+/m0/s1. The van der Waals surface area contributed by atoms with Gasteiger partial charge in [0.2, 0.25) is 0 Å². The Kier molecular flexibility index (Phi) is 2.19. The number of aryl methyl sites for hydroxylation is 1. The molecule has 0 bridgehead atoms. The minimum atomic E-state index is 0.268. The minimum absolute atomic E-state index is 0.268. The van der Waals surface area contributed by atoms with Crippen LogP contribution in [0, 0.1) is 5.92 Å². The predicted molar refractivity (Wildman–Crippen MR) is 71.8 cm³/mol. The highest BCUT2D eigenvalue weighted by Crippen LogP contribution is 2.44. The molecule has 0 spiro atoms. The smallest absolute Gasteiger partial charge is 0.127 e. The van der Waals surface area contributed by atoms with E-state index in [4.69, 9.17) is 4.74 Å². The van der Waals surface area contributed by atoms with Gasteiger partial charge in [-0.15, -0.1) is 0 Å². The Labute approximate surface area is 107 Å². The summed E-state index contributed by atoms with van der Waals surface area (Å²) in [6, 6.07) is 17.2. The zero-order chi connectivity index (χ0) is 11.9. The topological polar surface area (TPSA) is 9.23 Å². The lowest BCUT2D eigenvalue weighted by atomic mass is 9.77. The van der Waals surface area contributed by atoms with Gasteiger partial charge >= 0.3 is 0 Å². The minimum Gasteiger partial charge on any atom is -0.485 e. The first kappa shape index (κ1) is 10.2. The molecule has 0 saturated heterocycles. The van der Waals surface area contributed by atoms with Gasteiger partial charge in [-0.1, -0.05) is 42.5 Å². The van der Waals surface area contributed by atoms with E-state index in [-0.39, 0.29) is 6.10 Å². The monoisotopic (exact) mass is 236 g/mol. The van der Waals surface area contributed by atoms with Crippen molar-refractivity contribution in [1.82, 2.24) is 0 Å². The van der Waals surface area contributed by atoms with E-state index >= 15 is 0 Å². The van der Waals surface area contributed by atoms with E-state index in [1.54, 1.807) is 0 Å². The van der Waals surface area contributed by atoms with Gasteiger partial charge in [0.05, 0.1) is 0 Å². The molecule has 0 saturated carbocycles. The summed E-state index contributed by atoms with van der Waals surface area (Å²) in [6.07, 6.45) is 3.87. The Bertz CT molecular complexity index is 588. The van der Waals surface area contributed by atoms with Gasteiger partial charge in [-0.05, 0) is 42.0 Å². The fourth-order valence-electron chi connectivity index (χ4n) is 3.36. The van der Waals surface area contributed by atoms with Crippen molar-refractivity contribution < 1.29 is 4.74 Å².